The molecule has 188 valence electrons. The van der Waals surface area contributed by atoms with E-state index >= 15 is 0 Å². The Labute approximate surface area is 200 Å². The quantitative estimate of drug-likeness (QED) is 0.215. The molecular formula is C18H18ClFN5O9P. The molecule has 3 heterocycles. The van der Waals surface area contributed by atoms with Crippen LogP contribution >= 0.6 is 19.4 Å². The first-order valence-electron chi connectivity index (χ1n) is 10.0. The number of rotatable bonds is 6. The normalized spacial score (nSPS) is 32.8. The topological polar surface area (TPSA) is 198 Å². The molecule has 1 aromatic heterocycles. The number of hydrogen-bond donors (Lipinski definition) is 3. The molecule has 17 heteroatoms. The van der Waals surface area contributed by atoms with E-state index in [0.29, 0.717) is 5.56 Å². The van der Waals surface area contributed by atoms with Gasteiger partial charge in [0, 0.05) is 34.2 Å². The molecule has 0 bridgehead atoms. The van der Waals surface area contributed by atoms with Crippen LogP contribution in [0.25, 0.3) is 10.4 Å². The molecule has 14 nitrogen and oxygen atoms in total. The summed E-state index contributed by atoms with van der Waals surface area (Å²) in [4.78, 5) is 28.0. The zero-order valence-electron chi connectivity index (χ0n) is 17.6. The molecule has 2 aliphatic rings. The highest BCUT2D eigenvalue weighted by Gasteiger charge is 2.56. The Balaban J connectivity index is 1.56. The van der Waals surface area contributed by atoms with Gasteiger partial charge in [0.2, 0.25) is 5.72 Å². The number of benzene rings is 1. The second-order valence-electron chi connectivity index (χ2n) is 7.60. The molecule has 2 saturated heterocycles. The minimum atomic E-state index is -4.36. The van der Waals surface area contributed by atoms with Crippen molar-refractivity contribution in [1.29, 1.82) is 0 Å². The van der Waals surface area contributed by atoms with Gasteiger partial charge in [-0.25, -0.2) is 13.8 Å². The number of aromatic amines is 1. The fourth-order valence-corrected chi connectivity index (χ4v) is 5.34. The number of hydrogen-bond acceptors (Lipinski definition) is 10. The number of halogens is 2. The summed E-state index contributed by atoms with van der Waals surface area (Å²) in [7, 11) is -4.36. The molecule has 0 unspecified atom stereocenters. The van der Waals surface area contributed by atoms with Crippen LogP contribution in [0.3, 0.4) is 0 Å². The molecule has 4 rings (SSSR count). The molecule has 0 spiro atoms. The van der Waals surface area contributed by atoms with Crippen LogP contribution in [0.2, 0.25) is 5.02 Å². The molecular weight excluding hydrogens is 516 g/mol. The monoisotopic (exact) mass is 533 g/mol. The minimum Gasteiger partial charge on any atom is -0.387 e. The Kier molecular flexibility index (Phi) is 7.16. The van der Waals surface area contributed by atoms with Gasteiger partial charge in [0.15, 0.2) is 6.23 Å². The van der Waals surface area contributed by atoms with Gasteiger partial charge in [-0.3, -0.25) is 27.9 Å². The largest absolute Gasteiger partial charge is 0.475 e. The Hall–Kier alpha value is -2.58. The Morgan fingerprint density at radius 1 is 1.40 bits per heavy atom. The smallest absolute Gasteiger partial charge is 0.387 e. The van der Waals surface area contributed by atoms with Gasteiger partial charge in [-0.1, -0.05) is 22.8 Å². The Morgan fingerprint density at radius 3 is 2.86 bits per heavy atom. The molecule has 2 aromatic rings. The number of azide groups is 1. The molecule has 0 aliphatic carbocycles. The van der Waals surface area contributed by atoms with E-state index in [1.807, 2.05) is 4.98 Å². The average molecular weight is 534 g/mol. The number of phosphoric ester groups is 1. The van der Waals surface area contributed by atoms with E-state index in [4.69, 9.17) is 35.4 Å². The number of aliphatic hydroxyl groups excluding tert-OH is 2. The summed E-state index contributed by atoms with van der Waals surface area (Å²) in [6, 6.07) is 4.52. The van der Waals surface area contributed by atoms with Crippen molar-refractivity contribution in [3.63, 3.8) is 0 Å². The van der Waals surface area contributed by atoms with Crippen LogP contribution in [0.5, 0.6) is 0 Å². The van der Waals surface area contributed by atoms with Gasteiger partial charge < -0.3 is 14.9 Å². The summed E-state index contributed by atoms with van der Waals surface area (Å²) in [6.07, 6.45) is -5.08. The van der Waals surface area contributed by atoms with Crippen LogP contribution in [0.15, 0.2) is 45.2 Å². The fourth-order valence-electron chi connectivity index (χ4n) is 3.65. The predicted octanol–water partition coefficient (Wildman–Crippen LogP) is 1.89. The van der Waals surface area contributed by atoms with Crippen LogP contribution in [-0.2, 0) is 22.9 Å². The average Bonchev–Trinajstić information content (AvgIpc) is 3.04. The van der Waals surface area contributed by atoms with Crippen LogP contribution in [0, 0.1) is 5.82 Å². The first kappa shape index (κ1) is 25.5. The van der Waals surface area contributed by atoms with Crippen molar-refractivity contribution in [2.24, 2.45) is 5.11 Å². The minimum absolute atomic E-state index is 0.0286. The van der Waals surface area contributed by atoms with E-state index in [2.05, 4.69) is 10.0 Å². The van der Waals surface area contributed by atoms with Gasteiger partial charge in [-0.15, -0.1) is 0 Å². The first-order valence-corrected chi connectivity index (χ1v) is 11.9. The molecule has 35 heavy (non-hydrogen) atoms. The maximum absolute atomic E-state index is 13.4. The van der Waals surface area contributed by atoms with E-state index in [1.165, 1.54) is 6.07 Å². The van der Waals surface area contributed by atoms with Crippen LogP contribution in [-0.4, -0.2) is 50.9 Å². The summed E-state index contributed by atoms with van der Waals surface area (Å²) in [5, 5.41) is 24.5. The molecule has 3 N–H and O–H groups in total. The zero-order chi connectivity index (χ0) is 25.4. The van der Waals surface area contributed by atoms with Gasteiger partial charge in [0.05, 0.1) is 19.3 Å². The van der Waals surface area contributed by atoms with Crippen molar-refractivity contribution in [2.75, 3.05) is 13.2 Å². The number of nitrogens with one attached hydrogen (secondary N) is 1. The van der Waals surface area contributed by atoms with Crippen molar-refractivity contribution in [3.8, 4) is 0 Å². The lowest BCUT2D eigenvalue weighted by atomic mass is 10.1. The number of aliphatic hydroxyl groups is 2. The van der Waals surface area contributed by atoms with E-state index in [1.54, 1.807) is 0 Å². The molecule has 0 saturated carbocycles. The lowest BCUT2D eigenvalue weighted by Crippen LogP contribution is -2.45. The highest BCUT2D eigenvalue weighted by atomic mass is 35.5. The van der Waals surface area contributed by atoms with Gasteiger partial charge >= 0.3 is 13.5 Å². The predicted molar refractivity (Wildman–Crippen MR) is 115 cm³/mol. The van der Waals surface area contributed by atoms with Crippen molar-refractivity contribution >= 4 is 19.4 Å². The summed E-state index contributed by atoms with van der Waals surface area (Å²) >= 11 is 6.05. The standard InChI is InChI=1S/C18H18ClFN5O9P/c19-11-7-9(20)1-2-10(11)12-4-6-31-35(30,34-12)32-8-18(23-24-21)15(28)14(27)16(33-18)25-5-3-13(26)22-17(25)29/h1-3,5,7,12,14-16,27-28H,4,6,8H2,(H,22,26,29)/t12-,14-,15+,16-,18-,35+/m1/s1. The summed E-state index contributed by atoms with van der Waals surface area (Å²) in [6.45, 7) is -1.03. The van der Waals surface area contributed by atoms with E-state index in [9.17, 15) is 28.8 Å². The molecule has 0 amide bonds. The van der Waals surface area contributed by atoms with Gasteiger partial charge in [0.25, 0.3) is 5.56 Å². The highest BCUT2D eigenvalue weighted by Crippen LogP contribution is 2.58. The Bertz CT molecular complexity index is 1330. The van der Waals surface area contributed by atoms with Crippen LogP contribution in [0.1, 0.15) is 24.3 Å². The number of nitrogens with zero attached hydrogens (tertiary/aromatic N) is 4. The second kappa shape index (κ2) is 9.82. The molecule has 2 aliphatic heterocycles. The van der Waals surface area contributed by atoms with Gasteiger partial charge in [-0.05, 0) is 17.7 Å². The third-order valence-electron chi connectivity index (χ3n) is 5.37. The SMILES string of the molecule is [N-]=[N+]=N[C@]1(CO[P@]2(=O)OCC[C@H](c3ccc(F)cc3Cl)O2)O[C@@H](n2ccc(=O)[nH]c2=O)[C@H](O)[C@@H]1O. The van der Waals surface area contributed by atoms with E-state index in [-0.39, 0.29) is 18.1 Å². The summed E-state index contributed by atoms with van der Waals surface area (Å²) in [5.41, 5.74) is 5.30. The second-order valence-corrected chi connectivity index (χ2v) is 9.63. The third kappa shape index (κ3) is 5.05. The van der Waals surface area contributed by atoms with Crippen molar-refractivity contribution in [1.82, 2.24) is 9.55 Å². The Morgan fingerprint density at radius 2 is 2.17 bits per heavy atom. The molecule has 1 aromatic carbocycles. The molecule has 2 fully saturated rings. The number of phosphoric acid groups is 1. The summed E-state index contributed by atoms with van der Waals surface area (Å²) in [5.74, 6) is -0.580. The zero-order valence-corrected chi connectivity index (χ0v) is 19.2. The maximum Gasteiger partial charge on any atom is 0.475 e. The third-order valence-corrected chi connectivity index (χ3v) is 7.15. The number of aromatic nitrogens is 2. The first-order chi connectivity index (χ1) is 16.6. The van der Waals surface area contributed by atoms with E-state index in [0.717, 1.165) is 29.0 Å². The fraction of sp³-hybridized carbons (Fsp3) is 0.444. The van der Waals surface area contributed by atoms with Crippen molar-refractivity contribution in [2.45, 2.75) is 36.7 Å². The molecule has 0 radical (unpaired) electrons. The highest BCUT2D eigenvalue weighted by molar-refractivity contribution is 7.48. The van der Waals surface area contributed by atoms with Crippen molar-refractivity contribution in [3.05, 3.63) is 78.1 Å². The van der Waals surface area contributed by atoms with Gasteiger partial charge in [-0.2, -0.15) is 0 Å². The van der Waals surface area contributed by atoms with Crippen molar-refractivity contribution < 1.29 is 37.5 Å². The number of ether oxygens (including phenoxy) is 1. The lowest BCUT2D eigenvalue weighted by Gasteiger charge is -2.32. The van der Waals surface area contributed by atoms with Crippen LogP contribution in [0.4, 0.5) is 4.39 Å². The van der Waals surface area contributed by atoms with E-state index < -0.39 is 61.8 Å². The number of H-pyrrole nitrogens is 1. The lowest BCUT2D eigenvalue weighted by molar-refractivity contribution is -0.127. The van der Waals surface area contributed by atoms with Crippen LogP contribution < -0.4 is 11.2 Å². The molecule has 6 atom stereocenters. The summed E-state index contributed by atoms with van der Waals surface area (Å²) < 4.78 is 48.6. The van der Waals surface area contributed by atoms with Gasteiger partial charge in [0.1, 0.15) is 18.0 Å². The maximum atomic E-state index is 13.4.